The lowest BCUT2D eigenvalue weighted by Crippen LogP contribution is -1.91. The second-order valence-corrected chi connectivity index (χ2v) is 5.20. The SMILES string of the molecule is Cc1ccc2c(C=O)nc(-c3ccc(C)c(C)c3)n2c1. The Hall–Kier alpha value is -2.42. The Kier molecular flexibility index (Phi) is 2.90. The Morgan fingerprint density at radius 2 is 1.85 bits per heavy atom. The standard InChI is InChI=1S/C17H16N2O/c1-11-4-7-16-15(10-20)18-17(19(16)9-11)14-6-5-12(2)13(3)8-14/h4-10H,1-3H3. The maximum absolute atomic E-state index is 11.2. The van der Waals surface area contributed by atoms with E-state index in [0.717, 1.165) is 28.8 Å². The van der Waals surface area contributed by atoms with Crippen molar-refractivity contribution in [2.45, 2.75) is 20.8 Å². The summed E-state index contributed by atoms with van der Waals surface area (Å²) < 4.78 is 1.99. The van der Waals surface area contributed by atoms with E-state index in [0.29, 0.717) is 5.69 Å². The molecule has 3 aromatic rings. The lowest BCUT2D eigenvalue weighted by Gasteiger charge is -2.05. The fourth-order valence-corrected chi connectivity index (χ4v) is 2.39. The molecule has 0 aliphatic carbocycles. The van der Waals surface area contributed by atoms with Crippen LogP contribution in [0, 0.1) is 20.8 Å². The quantitative estimate of drug-likeness (QED) is 0.661. The van der Waals surface area contributed by atoms with Gasteiger partial charge in [0, 0.05) is 11.8 Å². The number of rotatable bonds is 2. The van der Waals surface area contributed by atoms with Crippen LogP contribution in [0.5, 0.6) is 0 Å². The molecule has 0 fully saturated rings. The van der Waals surface area contributed by atoms with Crippen molar-refractivity contribution in [2.24, 2.45) is 0 Å². The van der Waals surface area contributed by atoms with Gasteiger partial charge in [-0.2, -0.15) is 0 Å². The van der Waals surface area contributed by atoms with Crippen molar-refractivity contribution in [1.82, 2.24) is 9.38 Å². The van der Waals surface area contributed by atoms with Crippen LogP contribution in [0.3, 0.4) is 0 Å². The molecule has 20 heavy (non-hydrogen) atoms. The normalized spacial score (nSPS) is 10.9. The van der Waals surface area contributed by atoms with Crippen LogP contribution in [0.15, 0.2) is 36.5 Å². The smallest absolute Gasteiger partial charge is 0.170 e. The molecule has 100 valence electrons. The van der Waals surface area contributed by atoms with E-state index >= 15 is 0 Å². The molecule has 0 saturated heterocycles. The fourth-order valence-electron chi connectivity index (χ4n) is 2.39. The summed E-state index contributed by atoms with van der Waals surface area (Å²) in [6.07, 6.45) is 2.83. The zero-order valence-corrected chi connectivity index (χ0v) is 11.8. The molecule has 0 spiro atoms. The molecule has 0 atom stereocenters. The highest BCUT2D eigenvalue weighted by molar-refractivity contribution is 5.86. The van der Waals surface area contributed by atoms with Gasteiger partial charge in [0.25, 0.3) is 0 Å². The summed E-state index contributed by atoms with van der Waals surface area (Å²) >= 11 is 0. The first-order chi connectivity index (χ1) is 9.60. The molecule has 3 rings (SSSR count). The third-order valence-corrected chi connectivity index (χ3v) is 3.69. The highest BCUT2D eigenvalue weighted by atomic mass is 16.1. The maximum atomic E-state index is 11.2. The molecule has 3 nitrogen and oxygen atoms in total. The first-order valence-corrected chi connectivity index (χ1v) is 6.61. The number of aryl methyl sites for hydroxylation is 3. The van der Waals surface area contributed by atoms with Crippen molar-refractivity contribution in [3.05, 3.63) is 58.9 Å². The summed E-state index contributed by atoms with van der Waals surface area (Å²) in [4.78, 5) is 15.7. The van der Waals surface area contributed by atoms with Crippen molar-refractivity contribution >= 4 is 11.8 Å². The Bertz CT molecular complexity index is 815. The van der Waals surface area contributed by atoms with Crippen molar-refractivity contribution < 1.29 is 4.79 Å². The molecule has 0 radical (unpaired) electrons. The van der Waals surface area contributed by atoms with Gasteiger partial charge in [-0.15, -0.1) is 0 Å². The molecule has 0 unspecified atom stereocenters. The second-order valence-electron chi connectivity index (χ2n) is 5.20. The van der Waals surface area contributed by atoms with Crippen LogP contribution >= 0.6 is 0 Å². The summed E-state index contributed by atoms with van der Waals surface area (Å²) in [5, 5.41) is 0. The molecule has 1 aromatic carbocycles. The first kappa shape index (κ1) is 12.6. The van der Waals surface area contributed by atoms with E-state index in [-0.39, 0.29) is 0 Å². The molecular weight excluding hydrogens is 248 g/mol. The highest BCUT2D eigenvalue weighted by Gasteiger charge is 2.12. The van der Waals surface area contributed by atoms with Gasteiger partial charge in [-0.05, 0) is 49.6 Å². The Balaban J connectivity index is 2.32. The average molecular weight is 264 g/mol. The fraction of sp³-hybridized carbons (Fsp3) is 0.176. The van der Waals surface area contributed by atoms with Gasteiger partial charge in [0.2, 0.25) is 0 Å². The van der Waals surface area contributed by atoms with Gasteiger partial charge in [0.05, 0.1) is 5.52 Å². The maximum Gasteiger partial charge on any atom is 0.170 e. The number of hydrogen-bond donors (Lipinski definition) is 0. The van der Waals surface area contributed by atoms with Crippen LogP contribution < -0.4 is 0 Å². The minimum atomic E-state index is 0.484. The Labute approximate surface area is 117 Å². The van der Waals surface area contributed by atoms with E-state index in [2.05, 4.69) is 31.0 Å². The average Bonchev–Trinajstić information content (AvgIpc) is 2.79. The Morgan fingerprint density at radius 3 is 2.55 bits per heavy atom. The van der Waals surface area contributed by atoms with Crippen LogP contribution in [-0.2, 0) is 0 Å². The number of fused-ring (bicyclic) bond motifs is 1. The van der Waals surface area contributed by atoms with Gasteiger partial charge >= 0.3 is 0 Å². The zero-order valence-electron chi connectivity index (χ0n) is 11.8. The first-order valence-electron chi connectivity index (χ1n) is 6.61. The molecule has 0 amide bonds. The van der Waals surface area contributed by atoms with E-state index in [1.165, 1.54) is 11.1 Å². The lowest BCUT2D eigenvalue weighted by atomic mass is 10.1. The number of aldehydes is 1. The number of aromatic nitrogens is 2. The molecule has 2 aromatic heterocycles. The van der Waals surface area contributed by atoms with Crippen LogP contribution in [0.2, 0.25) is 0 Å². The molecule has 0 saturated carbocycles. The van der Waals surface area contributed by atoms with Crippen molar-refractivity contribution in [2.75, 3.05) is 0 Å². The summed E-state index contributed by atoms with van der Waals surface area (Å²) in [5.74, 6) is 0.814. The summed E-state index contributed by atoms with van der Waals surface area (Å²) in [5.41, 5.74) is 5.97. The number of pyridine rings is 1. The minimum absolute atomic E-state index is 0.484. The molecule has 0 N–H and O–H groups in total. The van der Waals surface area contributed by atoms with Gasteiger partial charge in [-0.1, -0.05) is 18.2 Å². The summed E-state index contributed by atoms with van der Waals surface area (Å²) in [7, 11) is 0. The zero-order chi connectivity index (χ0) is 14.3. The van der Waals surface area contributed by atoms with Gasteiger partial charge < -0.3 is 0 Å². The van der Waals surface area contributed by atoms with E-state index in [9.17, 15) is 4.79 Å². The third-order valence-electron chi connectivity index (χ3n) is 3.69. The molecule has 3 heteroatoms. The molecule has 0 aliphatic heterocycles. The van der Waals surface area contributed by atoms with Gasteiger partial charge in [-0.25, -0.2) is 4.98 Å². The second kappa shape index (κ2) is 4.60. The molecule has 0 bridgehead atoms. The lowest BCUT2D eigenvalue weighted by molar-refractivity contribution is 0.112. The van der Waals surface area contributed by atoms with Crippen LogP contribution in [0.1, 0.15) is 27.2 Å². The summed E-state index contributed by atoms with van der Waals surface area (Å²) in [6, 6.07) is 10.2. The van der Waals surface area contributed by atoms with Gasteiger partial charge in [0.1, 0.15) is 11.5 Å². The van der Waals surface area contributed by atoms with Crippen LogP contribution in [0.25, 0.3) is 16.9 Å². The largest absolute Gasteiger partial charge is 0.299 e. The molecule has 0 aliphatic rings. The van der Waals surface area contributed by atoms with Crippen molar-refractivity contribution in [3.63, 3.8) is 0 Å². The number of carbonyl (C=O) groups excluding carboxylic acids is 1. The number of hydrogen-bond acceptors (Lipinski definition) is 2. The van der Waals surface area contributed by atoms with E-state index in [1.807, 2.05) is 35.7 Å². The van der Waals surface area contributed by atoms with E-state index < -0.39 is 0 Å². The number of benzene rings is 1. The van der Waals surface area contributed by atoms with Crippen LogP contribution in [-0.4, -0.2) is 15.7 Å². The van der Waals surface area contributed by atoms with Crippen LogP contribution in [0.4, 0.5) is 0 Å². The number of imidazole rings is 1. The topological polar surface area (TPSA) is 34.4 Å². The molecule has 2 heterocycles. The van der Waals surface area contributed by atoms with Crippen molar-refractivity contribution in [1.29, 1.82) is 0 Å². The highest BCUT2D eigenvalue weighted by Crippen LogP contribution is 2.24. The predicted octanol–water partition coefficient (Wildman–Crippen LogP) is 3.74. The van der Waals surface area contributed by atoms with Gasteiger partial charge in [0.15, 0.2) is 6.29 Å². The van der Waals surface area contributed by atoms with Gasteiger partial charge in [-0.3, -0.25) is 9.20 Å². The monoisotopic (exact) mass is 264 g/mol. The Morgan fingerprint density at radius 1 is 1.05 bits per heavy atom. The minimum Gasteiger partial charge on any atom is -0.299 e. The van der Waals surface area contributed by atoms with Crippen molar-refractivity contribution in [3.8, 4) is 11.4 Å². The summed E-state index contributed by atoms with van der Waals surface area (Å²) in [6.45, 7) is 6.20. The third kappa shape index (κ3) is 1.92. The van der Waals surface area contributed by atoms with E-state index in [4.69, 9.17) is 0 Å². The van der Waals surface area contributed by atoms with E-state index in [1.54, 1.807) is 0 Å². The number of nitrogens with zero attached hydrogens (tertiary/aromatic N) is 2. The molecular formula is C17H16N2O. The predicted molar refractivity (Wildman–Crippen MR) is 80.2 cm³/mol. The number of carbonyl (C=O) groups is 1.